The second-order valence-electron chi connectivity index (χ2n) is 10.9. The first kappa shape index (κ1) is 26.4. The van der Waals surface area contributed by atoms with E-state index in [0.29, 0.717) is 70.4 Å². The number of nitrogens with one attached hydrogen (secondary N) is 1. The van der Waals surface area contributed by atoms with Gasteiger partial charge in [0.2, 0.25) is 5.91 Å². The van der Waals surface area contributed by atoms with Crippen LogP contribution in [0.15, 0.2) is 54.7 Å². The zero-order chi connectivity index (χ0) is 26.5. The van der Waals surface area contributed by atoms with Gasteiger partial charge in [-0.1, -0.05) is 50.2 Å². The van der Waals surface area contributed by atoms with E-state index in [0.717, 1.165) is 17.8 Å². The number of ether oxygens (including phenoxy) is 1. The van der Waals surface area contributed by atoms with E-state index in [-0.39, 0.29) is 23.8 Å². The highest BCUT2D eigenvalue weighted by molar-refractivity contribution is 5.95. The number of hydrogen-bond acceptors (Lipinski definition) is 5. The van der Waals surface area contributed by atoms with Crippen molar-refractivity contribution < 1.29 is 14.3 Å². The number of benzene rings is 1. The number of piperidine rings is 1. The van der Waals surface area contributed by atoms with E-state index < -0.39 is 0 Å². The van der Waals surface area contributed by atoms with Crippen LogP contribution in [0, 0.1) is 11.8 Å². The Kier molecular flexibility index (Phi) is 8.39. The van der Waals surface area contributed by atoms with E-state index in [9.17, 15) is 9.59 Å². The topological polar surface area (TPSA) is 79.2 Å². The maximum atomic E-state index is 14.3. The van der Waals surface area contributed by atoms with Crippen molar-refractivity contribution in [2.24, 2.45) is 11.8 Å². The van der Waals surface area contributed by atoms with Gasteiger partial charge in [-0.25, -0.2) is 4.98 Å². The maximum absolute atomic E-state index is 14.3. The van der Waals surface area contributed by atoms with Crippen molar-refractivity contribution in [2.45, 2.75) is 39.2 Å². The normalized spacial score (nSPS) is 20.1. The van der Waals surface area contributed by atoms with E-state index in [1.54, 1.807) is 0 Å². The molecular weight excluding hydrogens is 478 g/mol. The van der Waals surface area contributed by atoms with Crippen molar-refractivity contribution in [1.29, 1.82) is 0 Å². The predicted octanol–water partition coefficient (Wildman–Crippen LogP) is 3.05. The number of carbonyl (C=O) groups excluding carboxylic acids is 2. The zero-order valence-electron chi connectivity index (χ0n) is 22.5. The van der Waals surface area contributed by atoms with Crippen molar-refractivity contribution in [3.8, 4) is 0 Å². The number of fused-ring (bicyclic) bond motifs is 1. The van der Waals surface area contributed by atoms with Crippen LogP contribution < -0.4 is 5.32 Å². The highest BCUT2D eigenvalue weighted by Crippen LogP contribution is 2.24. The minimum atomic E-state index is -0.145. The zero-order valence-corrected chi connectivity index (χ0v) is 22.5. The molecular formula is C30H39N5O3. The number of morpholine rings is 1. The highest BCUT2D eigenvalue weighted by Gasteiger charge is 2.36. The molecule has 0 radical (unpaired) electrons. The van der Waals surface area contributed by atoms with Gasteiger partial charge in [0.05, 0.1) is 24.8 Å². The molecule has 2 fully saturated rings. The lowest BCUT2D eigenvalue weighted by Crippen LogP contribution is -2.56. The average Bonchev–Trinajstić information content (AvgIpc) is 3.33. The first-order valence-electron chi connectivity index (χ1n) is 13.9. The molecule has 0 unspecified atom stereocenters. The summed E-state index contributed by atoms with van der Waals surface area (Å²) in [4.78, 5) is 36.3. The molecule has 0 spiro atoms. The summed E-state index contributed by atoms with van der Waals surface area (Å²) in [5, 5.41) is 3.45. The van der Waals surface area contributed by atoms with Crippen LogP contribution in [0.4, 0.5) is 0 Å². The second kappa shape index (κ2) is 12.1. The summed E-state index contributed by atoms with van der Waals surface area (Å²) in [5.74, 6) is 0.266. The molecule has 0 bridgehead atoms. The summed E-state index contributed by atoms with van der Waals surface area (Å²) in [6.45, 7) is 8.67. The van der Waals surface area contributed by atoms with Gasteiger partial charge in [-0.3, -0.25) is 9.59 Å². The molecule has 5 rings (SSSR count). The average molecular weight is 518 g/mol. The van der Waals surface area contributed by atoms with Crippen molar-refractivity contribution in [1.82, 2.24) is 24.5 Å². The molecule has 1 N–H and O–H groups in total. The number of rotatable bonds is 8. The largest absolute Gasteiger partial charge is 0.378 e. The van der Waals surface area contributed by atoms with Crippen LogP contribution in [0.3, 0.4) is 0 Å². The molecule has 2 saturated heterocycles. The number of amides is 2. The molecule has 1 aromatic carbocycles. The van der Waals surface area contributed by atoms with Gasteiger partial charge in [-0.2, -0.15) is 0 Å². The Hall–Kier alpha value is -3.23. The van der Waals surface area contributed by atoms with Crippen molar-refractivity contribution in [3.05, 3.63) is 71.7 Å². The van der Waals surface area contributed by atoms with Crippen LogP contribution >= 0.6 is 0 Å². The number of hydrogen-bond donors (Lipinski definition) is 1. The van der Waals surface area contributed by atoms with Gasteiger partial charge < -0.3 is 24.3 Å². The van der Waals surface area contributed by atoms with Crippen LogP contribution in [0.5, 0.6) is 0 Å². The molecule has 4 heterocycles. The van der Waals surface area contributed by atoms with Crippen LogP contribution in [-0.2, 0) is 22.4 Å². The van der Waals surface area contributed by atoms with Gasteiger partial charge in [0, 0.05) is 45.0 Å². The molecule has 2 amide bonds. The fraction of sp³-hybridized carbons (Fsp3) is 0.500. The van der Waals surface area contributed by atoms with E-state index in [2.05, 4.69) is 31.3 Å². The Labute approximate surface area is 225 Å². The minimum Gasteiger partial charge on any atom is -0.378 e. The Bertz CT molecular complexity index is 1240. The monoisotopic (exact) mass is 517 g/mol. The lowest BCUT2D eigenvalue weighted by molar-refractivity contribution is -0.140. The molecule has 3 aromatic rings. The molecule has 202 valence electrons. The molecule has 2 aliphatic heterocycles. The van der Waals surface area contributed by atoms with Gasteiger partial charge in [0.1, 0.15) is 5.65 Å². The van der Waals surface area contributed by atoms with E-state index in [1.165, 1.54) is 5.56 Å². The van der Waals surface area contributed by atoms with Gasteiger partial charge in [-0.15, -0.1) is 0 Å². The van der Waals surface area contributed by atoms with Gasteiger partial charge in [0.25, 0.3) is 5.91 Å². The molecule has 8 nitrogen and oxygen atoms in total. The Morgan fingerprint density at radius 3 is 2.58 bits per heavy atom. The number of aryl methyl sites for hydroxylation is 2. The Morgan fingerprint density at radius 2 is 1.82 bits per heavy atom. The summed E-state index contributed by atoms with van der Waals surface area (Å²) < 4.78 is 7.48. The Morgan fingerprint density at radius 1 is 1.05 bits per heavy atom. The smallest absolute Gasteiger partial charge is 0.274 e. The third kappa shape index (κ3) is 5.92. The third-order valence-corrected chi connectivity index (χ3v) is 7.59. The van der Waals surface area contributed by atoms with Gasteiger partial charge in [0.15, 0.2) is 5.69 Å². The van der Waals surface area contributed by atoms with Crippen LogP contribution in [0.25, 0.3) is 5.65 Å². The molecule has 38 heavy (non-hydrogen) atoms. The molecule has 0 aliphatic carbocycles. The summed E-state index contributed by atoms with van der Waals surface area (Å²) >= 11 is 0. The lowest BCUT2D eigenvalue weighted by atomic mass is 9.92. The summed E-state index contributed by atoms with van der Waals surface area (Å²) in [6, 6.07) is 16.2. The quantitative estimate of drug-likeness (QED) is 0.497. The lowest BCUT2D eigenvalue weighted by Gasteiger charge is -2.40. The third-order valence-electron chi connectivity index (χ3n) is 7.59. The van der Waals surface area contributed by atoms with Crippen molar-refractivity contribution in [3.63, 3.8) is 0 Å². The Balaban J connectivity index is 1.41. The van der Waals surface area contributed by atoms with Gasteiger partial charge >= 0.3 is 0 Å². The van der Waals surface area contributed by atoms with Crippen LogP contribution in [0.2, 0.25) is 0 Å². The summed E-state index contributed by atoms with van der Waals surface area (Å²) in [5.41, 5.74) is 3.48. The summed E-state index contributed by atoms with van der Waals surface area (Å²) in [7, 11) is 0. The van der Waals surface area contributed by atoms with Crippen LogP contribution in [0.1, 0.15) is 42.0 Å². The van der Waals surface area contributed by atoms with E-state index in [4.69, 9.17) is 9.72 Å². The SMILES string of the molecule is CC(C)CN(C(=O)c1nc2ccccn2c1CCc1ccccc1)[C@@H]1CNC[C@H](C(=O)N2CCOCC2)C1. The first-order chi connectivity index (χ1) is 18.5. The fourth-order valence-electron chi connectivity index (χ4n) is 5.68. The first-order valence-corrected chi connectivity index (χ1v) is 13.9. The number of imidazole rings is 1. The molecule has 2 atom stereocenters. The van der Waals surface area contributed by atoms with E-state index in [1.807, 2.05) is 56.8 Å². The van der Waals surface area contributed by atoms with Crippen molar-refractivity contribution >= 4 is 17.5 Å². The number of aromatic nitrogens is 2. The molecule has 2 aliphatic rings. The van der Waals surface area contributed by atoms with Gasteiger partial charge in [-0.05, 0) is 42.9 Å². The standard InChI is InChI=1S/C30H39N5O3/c1-22(2)21-35(25-18-24(19-31-20-25)29(36)33-14-16-38-17-15-33)30(37)28-26(12-11-23-8-4-3-5-9-23)34-13-7-6-10-27(34)32-28/h3-10,13,22,24-25,31H,11-12,14-21H2,1-2H3/t24-,25+/m1/s1. The van der Waals surface area contributed by atoms with Crippen molar-refractivity contribution in [2.75, 3.05) is 45.9 Å². The fourth-order valence-corrected chi connectivity index (χ4v) is 5.68. The number of carbonyl (C=O) groups is 2. The van der Waals surface area contributed by atoms with E-state index >= 15 is 0 Å². The van der Waals surface area contributed by atoms with Crippen LogP contribution in [-0.4, -0.2) is 83.0 Å². The summed E-state index contributed by atoms with van der Waals surface area (Å²) in [6.07, 6.45) is 4.20. The maximum Gasteiger partial charge on any atom is 0.274 e. The predicted molar refractivity (Wildman–Crippen MR) is 147 cm³/mol. The highest BCUT2D eigenvalue weighted by atomic mass is 16.5. The molecule has 8 heteroatoms. The molecule has 2 aromatic heterocycles. The molecule has 0 saturated carbocycles. The number of nitrogens with zero attached hydrogens (tertiary/aromatic N) is 4. The number of pyridine rings is 1. The second-order valence-corrected chi connectivity index (χ2v) is 10.9. The minimum absolute atomic E-state index is 0.0447.